The number of hydrogen-bond acceptors (Lipinski definition) is 5. The number of hydrogen-bond donors (Lipinski definition) is 3. The zero-order chi connectivity index (χ0) is 23.6. The van der Waals surface area contributed by atoms with Crippen molar-refractivity contribution in [3.8, 4) is 5.75 Å². The Morgan fingerprint density at radius 3 is 2.21 bits per heavy atom. The largest absolute Gasteiger partial charge is 0.497 e. The molecule has 0 saturated carbocycles. The molecule has 0 atom stereocenters. The van der Waals surface area contributed by atoms with Gasteiger partial charge in [0.15, 0.2) is 0 Å². The number of benzene rings is 3. The minimum atomic E-state index is -0.207. The second-order valence-electron chi connectivity index (χ2n) is 7.08. The first-order valence-electron chi connectivity index (χ1n) is 10.2. The van der Waals surface area contributed by atoms with Gasteiger partial charge in [0.2, 0.25) is 5.91 Å². The number of amides is 3. The Bertz CT molecular complexity index is 1120. The number of anilines is 2. The minimum Gasteiger partial charge on any atom is -0.497 e. The Labute approximate surface area is 196 Å². The molecule has 170 valence electrons. The first kappa shape index (κ1) is 23.9. The highest BCUT2D eigenvalue weighted by Gasteiger charge is 2.09. The molecule has 0 heterocycles. The molecule has 0 bridgehead atoms. The van der Waals surface area contributed by atoms with Gasteiger partial charge in [0, 0.05) is 35.3 Å². The van der Waals surface area contributed by atoms with E-state index in [1.807, 2.05) is 12.1 Å². The second kappa shape index (κ2) is 11.7. The van der Waals surface area contributed by atoms with Gasteiger partial charge in [-0.3, -0.25) is 14.4 Å². The van der Waals surface area contributed by atoms with Gasteiger partial charge in [-0.25, -0.2) is 0 Å². The summed E-state index contributed by atoms with van der Waals surface area (Å²) < 4.78 is 5.11. The Balaban J connectivity index is 1.45. The monoisotopic (exact) mass is 463 g/mol. The summed E-state index contributed by atoms with van der Waals surface area (Å²) >= 11 is 1.47. The van der Waals surface area contributed by atoms with Crippen LogP contribution in [0, 0.1) is 0 Å². The smallest absolute Gasteiger partial charge is 0.255 e. The van der Waals surface area contributed by atoms with Crippen molar-refractivity contribution < 1.29 is 19.1 Å². The third kappa shape index (κ3) is 7.11. The van der Waals surface area contributed by atoms with Gasteiger partial charge in [0.1, 0.15) is 5.75 Å². The van der Waals surface area contributed by atoms with E-state index >= 15 is 0 Å². The Morgan fingerprint density at radius 1 is 0.818 bits per heavy atom. The summed E-state index contributed by atoms with van der Waals surface area (Å²) in [4.78, 5) is 36.3. The van der Waals surface area contributed by atoms with Crippen molar-refractivity contribution in [1.29, 1.82) is 0 Å². The molecule has 0 aliphatic heterocycles. The Morgan fingerprint density at radius 2 is 1.55 bits per heavy atom. The fourth-order valence-corrected chi connectivity index (χ4v) is 3.76. The van der Waals surface area contributed by atoms with Gasteiger partial charge < -0.3 is 20.7 Å². The van der Waals surface area contributed by atoms with Crippen LogP contribution in [-0.2, 0) is 10.5 Å². The van der Waals surface area contributed by atoms with Crippen LogP contribution in [0.25, 0.3) is 0 Å². The molecule has 0 unspecified atom stereocenters. The van der Waals surface area contributed by atoms with Crippen LogP contribution in [0.15, 0.2) is 72.8 Å². The van der Waals surface area contributed by atoms with Crippen molar-refractivity contribution in [2.24, 2.45) is 0 Å². The Hall–Kier alpha value is -3.78. The van der Waals surface area contributed by atoms with Crippen LogP contribution in [0.5, 0.6) is 5.75 Å². The lowest BCUT2D eigenvalue weighted by molar-refractivity contribution is -0.113. The predicted octanol–water partition coefficient (Wildman–Crippen LogP) is 4.18. The van der Waals surface area contributed by atoms with Crippen LogP contribution in [-0.4, -0.2) is 37.6 Å². The van der Waals surface area contributed by atoms with E-state index in [2.05, 4.69) is 16.0 Å². The lowest BCUT2D eigenvalue weighted by Crippen LogP contribution is -2.19. The molecule has 0 saturated heterocycles. The molecule has 0 aromatic heterocycles. The molecule has 3 aromatic rings. The summed E-state index contributed by atoms with van der Waals surface area (Å²) in [5.41, 5.74) is 3.31. The number of rotatable bonds is 9. The summed E-state index contributed by atoms with van der Waals surface area (Å²) in [6.45, 7) is 0. The predicted molar refractivity (Wildman–Crippen MR) is 132 cm³/mol. The molecule has 0 spiro atoms. The van der Waals surface area contributed by atoms with E-state index < -0.39 is 0 Å². The van der Waals surface area contributed by atoms with E-state index in [1.54, 1.807) is 74.8 Å². The molecule has 3 N–H and O–H groups in total. The van der Waals surface area contributed by atoms with Gasteiger partial charge in [-0.15, -0.1) is 11.8 Å². The van der Waals surface area contributed by atoms with Crippen LogP contribution in [0.3, 0.4) is 0 Å². The lowest BCUT2D eigenvalue weighted by atomic mass is 10.1. The van der Waals surface area contributed by atoms with Gasteiger partial charge in [-0.05, 0) is 60.2 Å². The van der Waals surface area contributed by atoms with Crippen LogP contribution in [0.2, 0.25) is 0 Å². The van der Waals surface area contributed by atoms with Crippen LogP contribution in [0.1, 0.15) is 26.3 Å². The number of nitrogens with one attached hydrogen (secondary N) is 3. The maximum absolute atomic E-state index is 12.4. The zero-order valence-electron chi connectivity index (χ0n) is 18.4. The molecule has 0 aliphatic carbocycles. The number of thioether (sulfide) groups is 1. The van der Waals surface area contributed by atoms with E-state index in [0.717, 1.165) is 11.3 Å². The zero-order valence-corrected chi connectivity index (χ0v) is 19.2. The third-order valence-electron chi connectivity index (χ3n) is 4.70. The molecule has 3 rings (SSSR count). The highest BCUT2D eigenvalue weighted by Crippen LogP contribution is 2.18. The average Bonchev–Trinajstić information content (AvgIpc) is 2.84. The number of carbonyl (C=O) groups excluding carboxylic acids is 3. The molecule has 8 heteroatoms. The van der Waals surface area contributed by atoms with Crippen molar-refractivity contribution in [3.63, 3.8) is 0 Å². The van der Waals surface area contributed by atoms with Crippen molar-refractivity contribution in [3.05, 3.63) is 89.5 Å². The topological polar surface area (TPSA) is 96.5 Å². The highest BCUT2D eigenvalue weighted by molar-refractivity contribution is 7.99. The molecule has 33 heavy (non-hydrogen) atoms. The van der Waals surface area contributed by atoms with Gasteiger partial charge in [0.05, 0.1) is 12.9 Å². The average molecular weight is 464 g/mol. The van der Waals surface area contributed by atoms with Crippen molar-refractivity contribution in [1.82, 2.24) is 5.32 Å². The van der Waals surface area contributed by atoms with E-state index in [0.29, 0.717) is 28.3 Å². The quantitative estimate of drug-likeness (QED) is 0.442. The number of methoxy groups -OCH3 is 1. The SMILES string of the molecule is CNC(=O)c1cccc(NC(=O)CSCc2ccc(C(=O)Nc3ccc(OC)cc3)cc2)c1. The Kier molecular flexibility index (Phi) is 8.49. The molecule has 7 nitrogen and oxygen atoms in total. The van der Waals surface area contributed by atoms with Crippen molar-refractivity contribution >= 4 is 40.9 Å². The van der Waals surface area contributed by atoms with Crippen molar-refractivity contribution in [2.45, 2.75) is 5.75 Å². The first-order valence-corrected chi connectivity index (χ1v) is 11.4. The van der Waals surface area contributed by atoms with Gasteiger partial charge in [0.25, 0.3) is 11.8 Å². The van der Waals surface area contributed by atoms with Crippen molar-refractivity contribution in [2.75, 3.05) is 30.5 Å². The molecular formula is C25H25N3O4S. The van der Waals surface area contributed by atoms with E-state index in [1.165, 1.54) is 11.8 Å². The molecule has 0 radical (unpaired) electrons. The third-order valence-corrected chi connectivity index (χ3v) is 5.71. The fourth-order valence-electron chi connectivity index (χ4n) is 2.97. The summed E-state index contributed by atoms with van der Waals surface area (Å²) in [6, 6.07) is 21.2. The maximum atomic E-state index is 12.4. The minimum absolute atomic E-state index is 0.149. The lowest BCUT2D eigenvalue weighted by Gasteiger charge is -2.08. The standard InChI is InChI=1S/C25H25N3O4S/c1-26-24(30)19-4-3-5-21(14-19)27-23(29)16-33-15-17-6-8-18(9-7-17)25(31)28-20-10-12-22(32-2)13-11-20/h3-14H,15-16H2,1-2H3,(H,26,30)(H,27,29)(H,28,31). The second-order valence-corrected chi connectivity index (χ2v) is 8.07. The van der Waals surface area contributed by atoms with E-state index in [4.69, 9.17) is 4.74 Å². The summed E-state index contributed by atoms with van der Waals surface area (Å²) in [5, 5.41) is 8.20. The molecule has 0 fully saturated rings. The van der Waals surface area contributed by atoms with E-state index in [-0.39, 0.29) is 23.5 Å². The maximum Gasteiger partial charge on any atom is 0.255 e. The summed E-state index contributed by atoms with van der Waals surface area (Å²) in [6.07, 6.45) is 0. The van der Waals surface area contributed by atoms with Gasteiger partial charge in [-0.1, -0.05) is 18.2 Å². The van der Waals surface area contributed by atoms with Gasteiger partial charge >= 0.3 is 0 Å². The molecule has 3 aromatic carbocycles. The molecule has 0 aliphatic rings. The summed E-state index contributed by atoms with van der Waals surface area (Å²) in [5.74, 6) is 1.07. The van der Waals surface area contributed by atoms with Gasteiger partial charge in [-0.2, -0.15) is 0 Å². The summed E-state index contributed by atoms with van der Waals surface area (Å²) in [7, 11) is 3.15. The molecular weight excluding hydrogens is 438 g/mol. The molecule has 3 amide bonds. The van der Waals surface area contributed by atoms with Crippen LogP contribution >= 0.6 is 11.8 Å². The van der Waals surface area contributed by atoms with E-state index in [9.17, 15) is 14.4 Å². The first-order chi connectivity index (χ1) is 16.0. The number of ether oxygens (including phenoxy) is 1. The normalized spacial score (nSPS) is 10.2. The van der Waals surface area contributed by atoms with Crippen LogP contribution < -0.4 is 20.7 Å². The number of carbonyl (C=O) groups is 3. The highest BCUT2D eigenvalue weighted by atomic mass is 32.2. The van der Waals surface area contributed by atoms with Crippen LogP contribution in [0.4, 0.5) is 11.4 Å². The fraction of sp³-hybridized carbons (Fsp3) is 0.160.